The number of hydrogen-bond acceptors (Lipinski definition) is 6. The summed E-state index contributed by atoms with van der Waals surface area (Å²) in [4.78, 5) is 13.9. The number of nitrogens with zero attached hydrogens (tertiary/aromatic N) is 4. The van der Waals surface area contributed by atoms with Crippen LogP contribution in [0, 0.1) is 0 Å². The summed E-state index contributed by atoms with van der Waals surface area (Å²) in [6.45, 7) is 4.24. The lowest BCUT2D eigenvalue weighted by Crippen LogP contribution is -2.36. The van der Waals surface area contributed by atoms with E-state index in [2.05, 4.69) is 62.6 Å². The van der Waals surface area contributed by atoms with Crippen molar-refractivity contribution in [3.63, 3.8) is 0 Å². The zero-order chi connectivity index (χ0) is 18.8. The number of nitrogens with one attached hydrogen (secondary N) is 1. The highest BCUT2D eigenvalue weighted by molar-refractivity contribution is 5.75. The molecule has 3 aromatic rings. The fraction of sp³-hybridized carbons (Fsp3) is 0.273. The summed E-state index contributed by atoms with van der Waals surface area (Å²) in [5.41, 5.74) is 4.78. The van der Waals surface area contributed by atoms with Crippen LogP contribution in [-0.2, 0) is 11.2 Å². The van der Waals surface area contributed by atoms with Crippen molar-refractivity contribution in [3.8, 4) is 0 Å². The molecular formula is C22H23N5O. The molecule has 1 aromatic heterocycles. The van der Waals surface area contributed by atoms with E-state index in [0.29, 0.717) is 0 Å². The molecule has 0 radical (unpaired) electrons. The van der Waals surface area contributed by atoms with Gasteiger partial charge in [0.25, 0.3) is 0 Å². The molecule has 3 heterocycles. The number of fused-ring (bicyclic) bond motifs is 1. The van der Waals surface area contributed by atoms with Gasteiger partial charge in [0.05, 0.1) is 24.6 Å². The molecule has 2 aliphatic heterocycles. The van der Waals surface area contributed by atoms with Crippen molar-refractivity contribution in [1.82, 2.24) is 9.97 Å². The molecule has 0 aliphatic carbocycles. The van der Waals surface area contributed by atoms with E-state index >= 15 is 0 Å². The maximum absolute atomic E-state index is 5.49. The smallest absolute Gasteiger partial charge is 0.231 e. The zero-order valence-electron chi connectivity index (χ0n) is 15.7. The monoisotopic (exact) mass is 373 g/mol. The summed E-state index contributed by atoms with van der Waals surface area (Å²) in [5, 5.41) is 3.50. The molecule has 0 unspecified atom stereocenters. The first-order valence-corrected chi connectivity index (χ1v) is 9.76. The summed E-state index contributed by atoms with van der Waals surface area (Å²) in [6, 6.07) is 18.7. The number of para-hydroxylation sites is 3. The Bertz CT molecular complexity index is 970. The highest BCUT2D eigenvalue weighted by atomic mass is 16.5. The Morgan fingerprint density at radius 1 is 0.857 bits per heavy atom. The van der Waals surface area contributed by atoms with E-state index in [1.807, 2.05) is 18.3 Å². The number of ether oxygens (including phenoxy) is 1. The molecule has 1 saturated heterocycles. The van der Waals surface area contributed by atoms with Gasteiger partial charge in [0.1, 0.15) is 5.82 Å². The average Bonchev–Trinajstić information content (AvgIpc) is 3.19. The van der Waals surface area contributed by atoms with E-state index in [0.717, 1.165) is 56.7 Å². The van der Waals surface area contributed by atoms with Gasteiger partial charge in [0.2, 0.25) is 5.95 Å². The minimum absolute atomic E-state index is 0.735. The Morgan fingerprint density at radius 3 is 2.54 bits per heavy atom. The van der Waals surface area contributed by atoms with Gasteiger partial charge in [-0.15, -0.1) is 0 Å². The van der Waals surface area contributed by atoms with Crippen molar-refractivity contribution in [3.05, 3.63) is 66.4 Å². The van der Waals surface area contributed by atoms with E-state index in [4.69, 9.17) is 9.72 Å². The Kier molecular flexibility index (Phi) is 4.54. The zero-order valence-corrected chi connectivity index (χ0v) is 15.7. The molecule has 0 bridgehead atoms. The molecule has 142 valence electrons. The first-order valence-electron chi connectivity index (χ1n) is 9.76. The van der Waals surface area contributed by atoms with E-state index in [1.165, 1.54) is 16.9 Å². The van der Waals surface area contributed by atoms with Gasteiger partial charge < -0.3 is 19.9 Å². The molecule has 0 amide bonds. The Balaban J connectivity index is 1.41. The van der Waals surface area contributed by atoms with Crippen molar-refractivity contribution >= 4 is 28.8 Å². The van der Waals surface area contributed by atoms with Gasteiger partial charge in [-0.05, 0) is 36.2 Å². The lowest BCUT2D eigenvalue weighted by Gasteiger charge is -2.30. The van der Waals surface area contributed by atoms with Crippen LogP contribution in [0.15, 0.2) is 60.8 Å². The fourth-order valence-electron chi connectivity index (χ4n) is 3.89. The molecule has 0 spiro atoms. The second-order valence-corrected chi connectivity index (χ2v) is 7.01. The molecule has 0 saturated carbocycles. The third-order valence-electron chi connectivity index (χ3n) is 5.29. The molecule has 1 N–H and O–H groups in total. The van der Waals surface area contributed by atoms with Crippen LogP contribution in [0.4, 0.5) is 28.8 Å². The molecule has 5 rings (SSSR count). The van der Waals surface area contributed by atoms with E-state index < -0.39 is 0 Å². The Morgan fingerprint density at radius 2 is 1.64 bits per heavy atom. The lowest BCUT2D eigenvalue weighted by atomic mass is 10.2. The standard InChI is InChI=1S/C22H23N5O/c1-3-7-19-17(5-1)10-12-27(19)22-23-11-9-21(25-22)24-18-6-2-4-8-20(18)26-13-15-28-16-14-26/h1-9,11H,10,12-16H2,(H,23,24,25). The molecule has 2 aliphatic rings. The average molecular weight is 373 g/mol. The molecule has 6 nitrogen and oxygen atoms in total. The SMILES string of the molecule is c1ccc2c(c1)CCN2c1nccc(Nc2ccccc2N2CCOCC2)n1. The number of morpholine rings is 1. The van der Waals surface area contributed by atoms with E-state index in [9.17, 15) is 0 Å². The van der Waals surface area contributed by atoms with Crippen molar-refractivity contribution in [2.24, 2.45) is 0 Å². The Labute approximate surface area is 164 Å². The fourth-order valence-corrected chi connectivity index (χ4v) is 3.89. The van der Waals surface area contributed by atoms with Crippen LogP contribution in [0.1, 0.15) is 5.56 Å². The van der Waals surface area contributed by atoms with Crippen LogP contribution >= 0.6 is 0 Å². The van der Waals surface area contributed by atoms with Gasteiger partial charge in [0.15, 0.2) is 0 Å². The van der Waals surface area contributed by atoms with Crippen LogP contribution < -0.4 is 15.1 Å². The second kappa shape index (κ2) is 7.48. The second-order valence-electron chi connectivity index (χ2n) is 7.01. The molecule has 2 aromatic carbocycles. The summed E-state index contributed by atoms with van der Waals surface area (Å²) < 4.78 is 5.49. The lowest BCUT2D eigenvalue weighted by molar-refractivity contribution is 0.123. The predicted molar refractivity (Wildman–Crippen MR) is 112 cm³/mol. The third kappa shape index (κ3) is 3.27. The highest BCUT2D eigenvalue weighted by Gasteiger charge is 2.22. The van der Waals surface area contributed by atoms with Gasteiger partial charge in [-0.1, -0.05) is 30.3 Å². The molecular weight excluding hydrogens is 350 g/mol. The van der Waals surface area contributed by atoms with Gasteiger partial charge in [-0.25, -0.2) is 4.98 Å². The number of rotatable bonds is 4. The number of hydrogen-bond donors (Lipinski definition) is 1. The quantitative estimate of drug-likeness (QED) is 0.752. The molecule has 6 heteroatoms. The third-order valence-corrected chi connectivity index (χ3v) is 5.29. The first kappa shape index (κ1) is 17.0. The van der Waals surface area contributed by atoms with Gasteiger partial charge in [0, 0.05) is 31.5 Å². The highest BCUT2D eigenvalue weighted by Crippen LogP contribution is 2.33. The van der Waals surface area contributed by atoms with Crippen LogP contribution in [0.2, 0.25) is 0 Å². The number of aromatic nitrogens is 2. The van der Waals surface area contributed by atoms with Crippen LogP contribution in [0.3, 0.4) is 0 Å². The van der Waals surface area contributed by atoms with Gasteiger partial charge in [-0.2, -0.15) is 4.98 Å². The van der Waals surface area contributed by atoms with Gasteiger partial charge in [-0.3, -0.25) is 0 Å². The number of benzene rings is 2. The van der Waals surface area contributed by atoms with E-state index in [1.54, 1.807) is 0 Å². The van der Waals surface area contributed by atoms with Crippen LogP contribution in [0.25, 0.3) is 0 Å². The largest absolute Gasteiger partial charge is 0.378 e. The summed E-state index contributed by atoms with van der Waals surface area (Å²) in [6.07, 6.45) is 2.85. The summed E-state index contributed by atoms with van der Waals surface area (Å²) in [5.74, 6) is 1.54. The van der Waals surface area contributed by atoms with Crippen LogP contribution in [-0.4, -0.2) is 42.8 Å². The van der Waals surface area contributed by atoms with Crippen molar-refractivity contribution < 1.29 is 4.74 Å². The minimum atomic E-state index is 0.735. The molecule has 1 fully saturated rings. The van der Waals surface area contributed by atoms with Crippen molar-refractivity contribution in [2.45, 2.75) is 6.42 Å². The van der Waals surface area contributed by atoms with Crippen molar-refractivity contribution in [2.75, 3.05) is 48.0 Å². The number of anilines is 5. The maximum atomic E-state index is 5.49. The summed E-state index contributed by atoms with van der Waals surface area (Å²) >= 11 is 0. The first-order chi connectivity index (χ1) is 13.9. The topological polar surface area (TPSA) is 53.5 Å². The van der Waals surface area contributed by atoms with Crippen LogP contribution in [0.5, 0.6) is 0 Å². The van der Waals surface area contributed by atoms with Gasteiger partial charge >= 0.3 is 0 Å². The van der Waals surface area contributed by atoms with E-state index in [-0.39, 0.29) is 0 Å². The Hall–Kier alpha value is -3.12. The summed E-state index contributed by atoms with van der Waals surface area (Å²) in [7, 11) is 0. The molecule has 0 atom stereocenters. The van der Waals surface area contributed by atoms with Crippen molar-refractivity contribution in [1.29, 1.82) is 0 Å². The molecule has 28 heavy (non-hydrogen) atoms. The predicted octanol–water partition coefficient (Wildman–Crippen LogP) is 3.75. The maximum Gasteiger partial charge on any atom is 0.231 e. The normalized spacial score (nSPS) is 16.1. The minimum Gasteiger partial charge on any atom is -0.378 e.